The third-order valence-corrected chi connectivity index (χ3v) is 4.54. The van der Waals surface area contributed by atoms with Crippen molar-refractivity contribution in [2.75, 3.05) is 5.32 Å². The van der Waals surface area contributed by atoms with Crippen molar-refractivity contribution in [2.24, 2.45) is 0 Å². The Kier molecular flexibility index (Phi) is 5.90. The van der Waals surface area contributed by atoms with Gasteiger partial charge in [0.25, 0.3) is 5.91 Å². The molecule has 0 spiro atoms. The minimum absolute atomic E-state index is 0.0723. The fourth-order valence-corrected chi connectivity index (χ4v) is 3.17. The molecule has 0 bridgehead atoms. The van der Waals surface area contributed by atoms with E-state index in [1.54, 1.807) is 29.1 Å². The average molecular weight is 432 g/mol. The number of ether oxygens (including phenoxy) is 1. The van der Waals surface area contributed by atoms with Crippen LogP contribution in [0.5, 0.6) is 5.75 Å². The summed E-state index contributed by atoms with van der Waals surface area (Å²) < 4.78 is 5.59. The molecule has 3 aromatic carbocycles. The molecule has 1 aromatic heterocycles. The number of carbonyl (C=O) groups excluding carboxylic acids is 1. The molecule has 1 heterocycles. The van der Waals surface area contributed by atoms with Gasteiger partial charge in [0.15, 0.2) is 5.11 Å². The number of amides is 1. The predicted octanol–water partition coefficient (Wildman–Crippen LogP) is 4.33. The molecule has 4 aromatic rings. The number of fused-ring (bicyclic) bond motifs is 1. The normalized spacial score (nSPS) is 10.8. The van der Waals surface area contributed by atoms with Crippen LogP contribution in [0.25, 0.3) is 16.7 Å². The summed E-state index contributed by atoms with van der Waals surface area (Å²) in [6, 6.07) is 22.1. The molecule has 0 radical (unpaired) electrons. The quantitative estimate of drug-likeness (QED) is 0.458. The number of benzene rings is 3. The fraction of sp³-hybridized carbons (Fsp3) is 0.130. The van der Waals surface area contributed by atoms with Gasteiger partial charge in [0, 0.05) is 11.3 Å². The Hall–Kier alpha value is -3.78. The van der Waals surface area contributed by atoms with Crippen molar-refractivity contribution in [3.05, 3.63) is 78.4 Å². The van der Waals surface area contributed by atoms with Gasteiger partial charge in [-0.1, -0.05) is 18.2 Å². The largest absolute Gasteiger partial charge is 0.491 e. The van der Waals surface area contributed by atoms with Crippen LogP contribution in [0.1, 0.15) is 24.2 Å². The first-order valence-electron chi connectivity index (χ1n) is 9.79. The number of thiocarbonyl (C=S) groups is 1. The standard InChI is InChI=1S/C23H21N5O2S/c1-15(2)30-19-11-8-16(9-12-19)22(29)25-23(31)24-17-10-13-20-21(14-17)27-28(26-20)18-6-4-3-5-7-18/h3-15H,1-2H3,(H2,24,25,29,31). The summed E-state index contributed by atoms with van der Waals surface area (Å²) in [5.41, 5.74) is 3.54. The smallest absolute Gasteiger partial charge is 0.257 e. The molecule has 4 rings (SSSR count). The number of nitrogens with one attached hydrogen (secondary N) is 2. The molecular weight excluding hydrogens is 410 g/mol. The summed E-state index contributed by atoms with van der Waals surface area (Å²) in [4.78, 5) is 14.0. The van der Waals surface area contributed by atoms with Gasteiger partial charge >= 0.3 is 0 Å². The number of anilines is 1. The Bertz CT molecular complexity index is 1220. The molecule has 0 atom stereocenters. The van der Waals surface area contributed by atoms with Gasteiger partial charge in [0.2, 0.25) is 0 Å². The summed E-state index contributed by atoms with van der Waals surface area (Å²) >= 11 is 5.29. The highest BCUT2D eigenvalue weighted by Crippen LogP contribution is 2.18. The number of hydrogen-bond donors (Lipinski definition) is 2. The van der Waals surface area contributed by atoms with E-state index >= 15 is 0 Å². The second-order valence-electron chi connectivity index (χ2n) is 7.13. The number of hydrogen-bond acceptors (Lipinski definition) is 5. The summed E-state index contributed by atoms with van der Waals surface area (Å²) in [6.45, 7) is 3.90. The van der Waals surface area contributed by atoms with Gasteiger partial charge in [-0.15, -0.1) is 10.2 Å². The molecular formula is C23H21N5O2S. The Morgan fingerprint density at radius 2 is 1.68 bits per heavy atom. The van der Waals surface area contributed by atoms with Gasteiger partial charge in [0.1, 0.15) is 16.8 Å². The molecule has 0 aliphatic heterocycles. The molecule has 0 saturated carbocycles. The first-order chi connectivity index (χ1) is 15.0. The Balaban J connectivity index is 1.41. The van der Waals surface area contributed by atoms with E-state index in [4.69, 9.17) is 17.0 Å². The summed E-state index contributed by atoms with van der Waals surface area (Å²) in [6.07, 6.45) is 0.0723. The van der Waals surface area contributed by atoms with Crippen LogP contribution in [0.15, 0.2) is 72.8 Å². The van der Waals surface area contributed by atoms with Gasteiger partial charge in [-0.3, -0.25) is 10.1 Å². The van der Waals surface area contributed by atoms with E-state index in [-0.39, 0.29) is 17.1 Å². The zero-order valence-corrected chi connectivity index (χ0v) is 17.9. The lowest BCUT2D eigenvalue weighted by Gasteiger charge is -2.11. The number of carbonyl (C=O) groups is 1. The third-order valence-electron chi connectivity index (χ3n) is 4.34. The number of nitrogens with zero attached hydrogens (tertiary/aromatic N) is 3. The maximum atomic E-state index is 12.4. The summed E-state index contributed by atoms with van der Waals surface area (Å²) in [7, 11) is 0. The molecule has 0 unspecified atom stereocenters. The number of aromatic nitrogens is 3. The second-order valence-corrected chi connectivity index (χ2v) is 7.54. The number of para-hydroxylation sites is 1. The Morgan fingerprint density at radius 3 is 2.39 bits per heavy atom. The topological polar surface area (TPSA) is 81.1 Å². The van der Waals surface area contributed by atoms with E-state index in [1.165, 1.54) is 0 Å². The van der Waals surface area contributed by atoms with E-state index in [1.807, 2.05) is 62.4 Å². The van der Waals surface area contributed by atoms with Crippen LogP contribution in [0.2, 0.25) is 0 Å². The van der Waals surface area contributed by atoms with Crippen LogP contribution < -0.4 is 15.4 Å². The molecule has 0 aliphatic rings. The highest BCUT2D eigenvalue weighted by atomic mass is 32.1. The van der Waals surface area contributed by atoms with Gasteiger partial charge in [-0.05, 0) is 80.7 Å². The van der Waals surface area contributed by atoms with Crippen molar-refractivity contribution in [3.63, 3.8) is 0 Å². The molecule has 31 heavy (non-hydrogen) atoms. The molecule has 0 aliphatic carbocycles. The minimum atomic E-state index is -0.301. The monoisotopic (exact) mass is 431 g/mol. The molecule has 0 saturated heterocycles. The zero-order valence-electron chi connectivity index (χ0n) is 17.1. The van der Waals surface area contributed by atoms with Crippen LogP contribution in [0, 0.1) is 0 Å². The van der Waals surface area contributed by atoms with Crippen LogP contribution in [-0.4, -0.2) is 32.1 Å². The lowest BCUT2D eigenvalue weighted by atomic mass is 10.2. The maximum absolute atomic E-state index is 12.4. The predicted molar refractivity (Wildman–Crippen MR) is 125 cm³/mol. The second kappa shape index (κ2) is 8.93. The van der Waals surface area contributed by atoms with Crippen molar-refractivity contribution >= 4 is 40.0 Å². The zero-order chi connectivity index (χ0) is 21.8. The van der Waals surface area contributed by atoms with Crippen molar-refractivity contribution in [1.29, 1.82) is 0 Å². The molecule has 0 fully saturated rings. The first-order valence-corrected chi connectivity index (χ1v) is 10.2. The lowest BCUT2D eigenvalue weighted by molar-refractivity contribution is 0.0977. The highest BCUT2D eigenvalue weighted by Gasteiger charge is 2.10. The van der Waals surface area contributed by atoms with E-state index in [2.05, 4.69) is 20.8 Å². The molecule has 1 amide bonds. The van der Waals surface area contributed by atoms with Crippen LogP contribution >= 0.6 is 12.2 Å². The van der Waals surface area contributed by atoms with Crippen molar-refractivity contribution < 1.29 is 9.53 Å². The minimum Gasteiger partial charge on any atom is -0.491 e. The number of rotatable bonds is 5. The van der Waals surface area contributed by atoms with E-state index in [0.717, 1.165) is 11.2 Å². The highest BCUT2D eigenvalue weighted by molar-refractivity contribution is 7.80. The van der Waals surface area contributed by atoms with Crippen molar-refractivity contribution in [3.8, 4) is 11.4 Å². The van der Waals surface area contributed by atoms with Gasteiger partial charge in [-0.25, -0.2) is 0 Å². The average Bonchev–Trinajstić information content (AvgIpc) is 3.18. The van der Waals surface area contributed by atoms with Crippen LogP contribution in [0.4, 0.5) is 5.69 Å². The van der Waals surface area contributed by atoms with Crippen molar-refractivity contribution in [2.45, 2.75) is 20.0 Å². The van der Waals surface area contributed by atoms with Gasteiger partial charge in [-0.2, -0.15) is 4.80 Å². The lowest BCUT2D eigenvalue weighted by Crippen LogP contribution is -2.34. The van der Waals surface area contributed by atoms with E-state index < -0.39 is 0 Å². The Morgan fingerprint density at radius 1 is 0.968 bits per heavy atom. The maximum Gasteiger partial charge on any atom is 0.257 e. The third kappa shape index (κ3) is 5.04. The van der Waals surface area contributed by atoms with Gasteiger partial charge in [0.05, 0.1) is 11.8 Å². The van der Waals surface area contributed by atoms with Crippen LogP contribution in [0.3, 0.4) is 0 Å². The first kappa shape index (κ1) is 20.5. The van der Waals surface area contributed by atoms with E-state index in [9.17, 15) is 4.79 Å². The fourth-order valence-electron chi connectivity index (χ4n) is 2.96. The SMILES string of the molecule is CC(C)Oc1ccc(C(=O)NC(=S)Nc2ccc3nn(-c4ccccc4)nc3c2)cc1. The molecule has 2 N–H and O–H groups in total. The molecule has 156 valence electrons. The molecule has 8 heteroatoms. The summed E-state index contributed by atoms with van der Waals surface area (Å²) in [5.74, 6) is 0.411. The van der Waals surface area contributed by atoms with Crippen LogP contribution in [-0.2, 0) is 0 Å². The van der Waals surface area contributed by atoms with Crippen molar-refractivity contribution in [1.82, 2.24) is 20.3 Å². The van der Waals surface area contributed by atoms with E-state index in [0.29, 0.717) is 22.5 Å². The summed E-state index contributed by atoms with van der Waals surface area (Å²) in [5, 5.41) is 14.9. The van der Waals surface area contributed by atoms with Gasteiger partial charge < -0.3 is 10.1 Å². The Labute approximate surface area is 185 Å². The molecule has 7 nitrogen and oxygen atoms in total.